The van der Waals surface area contributed by atoms with Gasteiger partial charge in [0.05, 0.1) is 0 Å². The predicted molar refractivity (Wildman–Crippen MR) is 115 cm³/mol. The van der Waals surface area contributed by atoms with Gasteiger partial charge in [-0.3, -0.25) is 18.9 Å². The molecule has 0 bridgehead atoms. The minimum atomic E-state index is -1.89. The van der Waals surface area contributed by atoms with E-state index in [1.165, 1.54) is 0 Å². The summed E-state index contributed by atoms with van der Waals surface area (Å²) in [7, 11) is 5.66. The van der Waals surface area contributed by atoms with Gasteiger partial charge in [0, 0.05) is 39.0 Å². The summed E-state index contributed by atoms with van der Waals surface area (Å²) in [4.78, 5) is 0. The first-order chi connectivity index (χ1) is 12.3. The van der Waals surface area contributed by atoms with Crippen LogP contribution >= 0.6 is 0 Å². The highest BCUT2D eigenvalue weighted by atomic mass is 28.3. The van der Waals surface area contributed by atoms with Gasteiger partial charge >= 0.3 is 9.28 Å². The lowest BCUT2D eigenvalue weighted by atomic mass is 9.97. The fraction of sp³-hybridized carbons (Fsp3) is 0.600. The zero-order valence-electron chi connectivity index (χ0n) is 18.5. The number of hydrogen-bond acceptors (Lipinski definition) is 6. The van der Waals surface area contributed by atoms with Gasteiger partial charge in [-0.25, -0.2) is 0 Å². The molecular weight excluding hydrogens is 356 g/mol. The van der Waals surface area contributed by atoms with Crippen molar-refractivity contribution in [3.63, 3.8) is 0 Å². The molecule has 0 heterocycles. The van der Waals surface area contributed by atoms with Gasteiger partial charge in [0.2, 0.25) is 0 Å². The van der Waals surface area contributed by atoms with Crippen molar-refractivity contribution in [1.29, 1.82) is 0 Å². The molecule has 0 saturated carbocycles. The van der Waals surface area contributed by atoms with Crippen molar-refractivity contribution in [1.82, 2.24) is 10.0 Å². The fourth-order valence-corrected chi connectivity index (χ4v) is 3.69. The molecule has 1 aromatic carbocycles. The number of rotatable bonds is 5. The zero-order valence-corrected chi connectivity index (χ0v) is 19.5. The molecule has 0 unspecified atom stereocenters. The number of nitrogens with zero attached hydrogens (tertiary/aromatic N) is 4. The first-order valence-electron chi connectivity index (χ1n) is 9.11. The van der Waals surface area contributed by atoms with Crippen LogP contribution in [0.4, 0.5) is 0 Å². The molecule has 0 aliphatic rings. The number of hydrogen-bond donors (Lipinski definition) is 0. The van der Waals surface area contributed by atoms with Crippen LogP contribution in [0, 0.1) is 10.8 Å². The lowest BCUT2D eigenvalue weighted by Gasteiger charge is -2.22. The van der Waals surface area contributed by atoms with E-state index >= 15 is 0 Å². The molecule has 0 N–H and O–H groups in total. The summed E-state index contributed by atoms with van der Waals surface area (Å²) in [5.41, 5.74) is -0.502. The second-order valence-corrected chi connectivity index (χ2v) is 10.4. The van der Waals surface area contributed by atoms with Gasteiger partial charge < -0.3 is 0 Å². The van der Waals surface area contributed by atoms with Crippen LogP contribution in [0.25, 0.3) is 0 Å². The van der Waals surface area contributed by atoms with Crippen LogP contribution in [0.3, 0.4) is 0 Å². The zero-order chi connectivity index (χ0) is 20.8. The van der Waals surface area contributed by atoms with Crippen LogP contribution in [0.1, 0.15) is 41.5 Å². The largest absolute Gasteiger partial charge is 0.825 e. The molecule has 0 amide bonds. The van der Waals surface area contributed by atoms with Gasteiger partial charge in [-0.2, -0.15) is 0 Å². The Morgan fingerprint density at radius 2 is 1.11 bits per heavy atom. The predicted octanol–water partition coefficient (Wildman–Crippen LogP) is 3.26. The van der Waals surface area contributed by atoms with Crippen molar-refractivity contribution in [3.05, 3.63) is 30.3 Å². The third-order valence-corrected chi connectivity index (χ3v) is 4.82. The van der Waals surface area contributed by atoms with E-state index in [4.69, 9.17) is 8.85 Å². The minimum absolute atomic E-state index is 0.251. The van der Waals surface area contributed by atoms with Crippen molar-refractivity contribution in [3.8, 4) is 0 Å². The Balaban J connectivity index is 3.33. The third kappa shape index (κ3) is 8.03. The topological polar surface area (TPSA) is 49.7 Å². The third-order valence-electron chi connectivity index (χ3n) is 3.25. The molecule has 7 heteroatoms. The molecule has 6 nitrogen and oxygen atoms in total. The smallest absolute Gasteiger partial charge is 0.300 e. The van der Waals surface area contributed by atoms with E-state index in [2.05, 4.69) is 51.7 Å². The van der Waals surface area contributed by atoms with Gasteiger partial charge in [-0.15, -0.1) is 10.2 Å². The monoisotopic (exact) mass is 391 g/mol. The summed E-state index contributed by atoms with van der Waals surface area (Å²) in [6.45, 7) is 12.5. The second kappa shape index (κ2) is 9.26. The maximum Gasteiger partial charge on any atom is 0.825 e. The first kappa shape index (κ1) is 23.0. The van der Waals surface area contributed by atoms with Gasteiger partial charge in [-0.1, -0.05) is 59.7 Å². The van der Waals surface area contributed by atoms with Crippen LogP contribution in [-0.4, -0.2) is 59.3 Å². The van der Waals surface area contributed by atoms with Crippen molar-refractivity contribution < 1.29 is 8.85 Å². The summed E-state index contributed by atoms with van der Waals surface area (Å²) < 4.78 is 12.8. The maximum atomic E-state index is 6.41. The summed E-state index contributed by atoms with van der Waals surface area (Å²) in [6.07, 6.45) is 0. The van der Waals surface area contributed by atoms with E-state index in [0.717, 1.165) is 5.19 Å². The molecule has 1 aromatic rings. The molecule has 27 heavy (non-hydrogen) atoms. The van der Waals surface area contributed by atoms with E-state index in [1.807, 2.05) is 58.5 Å². The van der Waals surface area contributed by atoms with E-state index in [0.29, 0.717) is 11.8 Å². The quantitative estimate of drug-likeness (QED) is 0.335. The minimum Gasteiger partial charge on any atom is -0.300 e. The Morgan fingerprint density at radius 1 is 0.741 bits per heavy atom. The summed E-state index contributed by atoms with van der Waals surface area (Å²) in [6, 6.07) is 10.0. The normalized spacial score (nSPS) is 13.3. The Bertz CT molecular complexity index is 606. The highest BCUT2D eigenvalue weighted by Crippen LogP contribution is 2.21. The fourth-order valence-electron chi connectivity index (χ4n) is 1.90. The molecule has 0 atom stereocenters. The van der Waals surface area contributed by atoms with E-state index in [9.17, 15) is 0 Å². The van der Waals surface area contributed by atoms with Gasteiger partial charge in [0.15, 0.2) is 5.19 Å². The number of benzene rings is 1. The molecule has 1 rings (SSSR count). The van der Waals surface area contributed by atoms with Crippen molar-refractivity contribution in [2.24, 2.45) is 21.0 Å². The lowest BCUT2D eigenvalue weighted by molar-refractivity contribution is 0.316. The molecular formula is C20H35N4O2Si+. The molecule has 0 aliphatic carbocycles. The second-order valence-electron chi connectivity index (χ2n) is 8.86. The Morgan fingerprint density at radius 3 is 1.41 bits per heavy atom. The lowest BCUT2D eigenvalue weighted by Crippen LogP contribution is -2.46. The number of hydrazone groups is 2. The molecule has 0 radical (unpaired) electrons. The first-order valence-corrected chi connectivity index (χ1v) is 10.4. The highest BCUT2D eigenvalue weighted by molar-refractivity contribution is 6.64. The SMILES string of the molecule is CN(C)/N=C(/O[Si+](O/C(=N/N(C)C)C(C)(C)C)c1ccccc1)C(C)(C)C. The standard InChI is InChI=1S/C20H35N4O2Si/c1-19(2,3)17(21-23(7)8)25-27(16-14-12-11-13-15-16)26-18(20(4,5)6)22-24(9)10/h11-15H,1-10H3/q+1/b21-17+,22-18+. The van der Waals surface area contributed by atoms with Crippen LogP contribution in [-0.2, 0) is 8.85 Å². The summed E-state index contributed by atoms with van der Waals surface area (Å²) in [5.74, 6) is 1.28. The highest BCUT2D eigenvalue weighted by Gasteiger charge is 2.48. The van der Waals surface area contributed by atoms with Crippen molar-refractivity contribution in [2.75, 3.05) is 28.2 Å². The maximum absolute atomic E-state index is 6.41. The molecule has 0 saturated heterocycles. The molecule has 0 fully saturated rings. The average Bonchev–Trinajstić information content (AvgIpc) is 2.50. The Kier molecular flexibility index (Phi) is 7.89. The van der Waals surface area contributed by atoms with Crippen LogP contribution in [0.2, 0.25) is 0 Å². The molecule has 0 aromatic heterocycles. The molecule has 0 spiro atoms. The summed E-state index contributed by atoms with van der Waals surface area (Å²) in [5, 5.41) is 13.6. The van der Waals surface area contributed by atoms with Gasteiger partial charge in [-0.05, 0) is 12.1 Å². The van der Waals surface area contributed by atoms with Gasteiger partial charge in [0.25, 0.3) is 11.8 Å². The average molecular weight is 392 g/mol. The molecule has 0 aliphatic heterocycles. The van der Waals surface area contributed by atoms with Crippen molar-refractivity contribution in [2.45, 2.75) is 41.5 Å². The van der Waals surface area contributed by atoms with Crippen LogP contribution in [0.15, 0.2) is 40.5 Å². The van der Waals surface area contributed by atoms with E-state index in [-0.39, 0.29) is 10.8 Å². The summed E-state index contributed by atoms with van der Waals surface area (Å²) >= 11 is 0. The van der Waals surface area contributed by atoms with Gasteiger partial charge in [0.1, 0.15) is 0 Å². The van der Waals surface area contributed by atoms with Crippen molar-refractivity contribution >= 4 is 26.3 Å². The Labute approximate surface area is 166 Å². The van der Waals surface area contributed by atoms with E-state index in [1.54, 1.807) is 10.0 Å². The van der Waals surface area contributed by atoms with Crippen LogP contribution < -0.4 is 5.19 Å². The molecule has 150 valence electrons. The van der Waals surface area contributed by atoms with E-state index < -0.39 is 9.28 Å². The van der Waals surface area contributed by atoms with Crippen LogP contribution in [0.5, 0.6) is 0 Å². The Hall–Kier alpha value is -2.02.